The molecule has 0 spiro atoms. The van der Waals surface area contributed by atoms with Gasteiger partial charge in [0.25, 0.3) is 5.69 Å². The molecule has 0 bridgehead atoms. The summed E-state index contributed by atoms with van der Waals surface area (Å²) < 4.78 is 0. The van der Waals surface area contributed by atoms with Crippen molar-refractivity contribution < 1.29 is 4.92 Å². The Bertz CT molecular complexity index is 454. The highest BCUT2D eigenvalue weighted by molar-refractivity contribution is 5.96. The van der Waals surface area contributed by atoms with Crippen molar-refractivity contribution in [1.29, 1.82) is 5.41 Å². The van der Waals surface area contributed by atoms with Gasteiger partial charge in [0.05, 0.1) is 16.3 Å². The second-order valence-corrected chi connectivity index (χ2v) is 5.42. The number of nitrogens with zero attached hydrogens (tertiary/aromatic N) is 2. The minimum atomic E-state index is -0.482. The van der Waals surface area contributed by atoms with Crippen LogP contribution in [0.25, 0.3) is 0 Å². The highest BCUT2D eigenvalue weighted by Crippen LogP contribution is 2.24. The summed E-state index contributed by atoms with van der Waals surface area (Å²) in [6.45, 7) is 8.67. The largest absolute Gasteiger partial charge is 0.303 e. The molecular weight excluding hydrogens is 242 g/mol. The molecule has 0 saturated heterocycles. The molecule has 0 amide bonds. The Labute approximate surface area is 113 Å². The van der Waals surface area contributed by atoms with E-state index < -0.39 is 4.92 Å². The van der Waals surface area contributed by atoms with Gasteiger partial charge in [0.15, 0.2) is 0 Å². The maximum atomic E-state index is 10.5. The van der Waals surface area contributed by atoms with E-state index in [0.29, 0.717) is 35.6 Å². The maximum Gasteiger partial charge on any atom is 0.287 e. The van der Waals surface area contributed by atoms with Crippen LogP contribution in [0.15, 0.2) is 18.3 Å². The molecule has 1 aromatic rings. The molecule has 1 N–H and O–H groups in total. The fourth-order valence-corrected chi connectivity index (χ4v) is 1.94. The van der Waals surface area contributed by atoms with E-state index in [1.54, 1.807) is 6.07 Å². The van der Waals surface area contributed by atoms with Gasteiger partial charge in [0.1, 0.15) is 6.20 Å². The molecule has 0 aliphatic heterocycles. The van der Waals surface area contributed by atoms with Crippen molar-refractivity contribution in [2.45, 2.75) is 34.1 Å². The van der Waals surface area contributed by atoms with Crippen LogP contribution >= 0.6 is 0 Å². The third kappa shape index (κ3) is 4.12. The lowest BCUT2D eigenvalue weighted by Gasteiger charge is -2.23. The molecule has 1 heterocycles. The van der Waals surface area contributed by atoms with E-state index in [1.807, 2.05) is 0 Å². The average Bonchev–Trinajstić information content (AvgIpc) is 2.37. The van der Waals surface area contributed by atoms with Gasteiger partial charge in [-0.15, -0.1) is 0 Å². The number of nitro groups is 1. The summed E-state index contributed by atoms with van der Waals surface area (Å²) in [6.07, 6.45) is 1.85. The minimum Gasteiger partial charge on any atom is -0.303 e. The number of rotatable bonds is 6. The number of hydrogen-bond donors (Lipinski definition) is 1. The molecule has 1 aromatic heterocycles. The molecule has 104 valence electrons. The van der Waals surface area contributed by atoms with Crippen molar-refractivity contribution in [2.24, 2.45) is 17.8 Å². The van der Waals surface area contributed by atoms with Crippen molar-refractivity contribution in [1.82, 2.24) is 4.98 Å². The topological polar surface area (TPSA) is 79.9 Å². The quantitative estimate of drug-likeness (QED) is 0.483. The zero-order chi connectivity index (χ0) is 14.6. The van der Waals surface area contributed by atoms with Crippen LogP contribution in [-0.2, 0) is 0 Å². The Morgan fingerprint density at radius 1 is 1.37 bits per heavy atom. The maximum absolute atomic E-state index is 10.5. The predicted molar refractivity (Wildman–Crippen MR) is 75.5 cm³/mol. The van der Waals surface area contributed by atoms with Gasteiger partial charge in [0, 0.05) is 6.07 Å². The van der Waals surface area contributed by atoms with E-state index in [-0.39, 0.29) is 5.69 Å². The van der Waals surface area contributed by atoms with Crippen LogP contribution in [0.4, 0.5) is 5.69 Å². The van der Waals surface area contributed by atoms with Crippen LogP contribution < -0.4 is 0 Å². The fourth-order valence-electron chi connectivity index (χ4n) is 1.94. The molecule has 0 fully saturated rings. The second-order valence-electron chi connectivity index (χ2n) is 5.42. The molecule has 0 saturated carbocycles. The summed E-state index contributed by atoms with van der Waals surface area (Å²) in [7, 11) is 0. The van der Waals surface area contributed by atoms with E-state index in [0.717, 1.165) is 0 Å². The molecule has 5 nitrogen and oxygen atoms in total. The molecular formula is C14H21N3O2. The van der Waals surface area contributed by atoms with Crippen molar-refractivity contribution >= 4 is 11.4 Å². The summed E-state index contributed by atoms with van der Waals surface area (Å²) in [4.78, 5) is 14.0. The number of aromatic nitrogens is 1. The van der Waals surface area contributed by atoms with Crippen LogP contribution in [0.1, 0.15) is 39.8 Å². The van der Waals surface area contributed by atoms with E-state index in [4.69, 9.17) is 5.41 Å². The fraction of sp³-hybridized carbons (Fsp3) is 0.571. The third-order valence-electron chi connectivity index (χ3n) is 3.74. The molecule has 0 aromatic carbocycles. The van der Waals surface area contributed by atoms with Crippen LogP contribution in [0.3, 0.4) is 0 Å². The molecule has 2 unspecified atom stereocenters. The first-order chi connectivity index (χ1) is 8.82. The molecule has 2 atom stereocenters. The van der Waals surface area contributed by atoms with Crippen molar-refractivity contribution in [3.63, 3.8) is 0 Å². The van der Waals surface area contributed by atoms with Crippen LogP contribution in [-0.4, -0.2) is 15.6 Å². The predicted octanol–water partition coefficient (Wildman–Crippen LogP) is 3.68. The Balaban J connectivity index is 2.70. The highest BCUT2D eigenvalue weighted by atomic mass is 16.6. The zero-order valence-corrected chi connectivity index (χ0v) is 11.9. The lowest BCUT2D eigenvalue weighted by atomic mass is 9.83. The van der Waals surface area contributed by atoms with Gasteiger partial charge in [0.2, 0.25) is 0 Å². The summed E-state index contributed by atoms with van der Waals surface area (Å²) in [5, 5.41) is 18.6. The third-order valence-corrected chi connectivity index (χ3v) is 3.74. The first-order valence-corrected chi connectivity index (χ1v) is 6.51. The number of hydrogen-bond acceptors (Lipinski definition) is 4. The first-order valence-electron chi connectivity index (χ1n) is 6.51. The van der Waals surface area contributed by atoms with E-state index >= 15 is 0 Å². The monoisotopic (exact) mass is 263 g/mol. The van der Waals surface area contributed by atoms with E-state index in [9.17, 15) is 10.1 Å². The Morgan fingerprint density at radius 3 is 2.42 bits per heavy atom. The SMILES string of the molecule is CC(C)C(C)C(C)CC(=N)c1ccc([N+](=O)[O-])cn1. The Hall–Kier alpha value is -1.78. The zero-order valence-electron chi connectivity index (χ0n) is 11.9. The standard InChI is InChI=1S/C14H21N3O2/c1-9(2)11(4)10(3)7-13(15)14-6-5-12(8-16-14)17(18)19/h5-6,8-11,15H,7H2,1-4H3. The van der Waals surface area contributed by atoms with Gasteiger partial charge >= 0.3 is 0 Å². The lowest BCUT2D eigenvalue weighted by molar-refractivity contribution is -0.385. The average molecular weight is 263 g/mol. The van der Waals surface area contributed by atoms with Crippen LogP contribution in [0.5, 0.6) is 0 Å². The minimum absolute atomic E-state index is 0.0415. The number of nitrogens with one attached hydrogen (secondary N) is 1. The summed E-state index contributed by atoms with van der Waals surface area (Å²) in [5.74, 6) is 1.50. The van der Waals surface area contributed by atoms with Gasteiger partial charge in [-0.1, -0.05) is 27.7 Å². The molecule has 0 aliphatic rings. The summed E-state index contributed by atoms with van der Waals surface area (Å²) in [5.41, 5.74) is 0.920. The van der Waals surface area contributed by atoms with Gasteiger partial charge in [-0.2, -0.15) is 0 Å². The van der Waals surface area contributed by atoms with Gasteiger partial charge in [-0.25, -0.2) is 4.98 Å². The number of pyridine rings is 1. The molecule has 0 radical (unpaired) electrons. The second kappa shape index (κ2) is 6.41. The van der Waals surface area contributed by atoms with Crippen molar-refractivity contribution in [3.8, 4) is 0 Å². The highest BCUT2D eigenvalue weighted by Gasteiger charge is 2.18. The van der Waals surface area contributed by atoms with Crippen LogP contribution in [0, 0.1) is 33.3 Å². The van der Waals surface area contributed by atoms with E-state index in [1.165, 1.54) is 12.3 Å². The molecule has 1 rings (SSSR count). The summed E-state index contributed by atoms with van der Waals surface area (Å²) >= 11 is 0. The van der Waals surface area contributed by atoms with Crippen LogP contribution in [0.2, 0.25) is 0 Å². The summed E-state index contributed by atoms with van der Waals surface area (Å²) in [6, 6.07) is 2.95. The van der Waals surface area contributed by atoms with Gasteiger partial charge in [-0.3, -0.25) is 10.1 Å². The Kier molecular flexibility index (Phi) is 5.15. The molecule has 5 heteroatoms. The van der Waals surface area contributed by atoms with Gasteiger partial charge < -0.3 is 5.41 Å². The Morgan fingerprint density at radius 2 is 2.00 bits per heavy atom. The molecule has 0 aliphatic carbocycles. The van der Waals surface area contributed by atoms with Gasteiger partial charge in [-0.05, 0) is 30.2 Å². The van der Waals surface area contributed by atoms with E-state index in [2.05, 4.69) is 32.7 Å². The van der Waals surface area contributed by atoms with Crippen molar-refractivity contribution in [2.75, 3.05) is 0 Å². The first kappa shape index (κ1) is 15.3. The van der Waals surface area contributed by atoms with Crippen molar-refractivity contribution in [3.05, 3.63) is 34.1 Å². The normalized spacial score (nSPS) is 14.2. The smallest absolute Gasteiger partial charge is 0.287 e. The lowest BCUT2D eigenvalue weighted by Crippen LogP contribution is -2.18. The molecule has 19 heavy (non-hydrogen) atoms.